The lowest BCUT2D eigenvalue weighted by Gasteiger charge is -2.05. The van der Waals surface area contributed by atoms with Gasteiger partial charge < -0.3 is 4.84 Å². The average Bonchev–Trinajstić information content (AvgIpc) is 2.58. The minimum Gasteiger partial charge on any atom is -0.413 e. The van der Waals surface area contributed by atoms with Gasteiger partial charge in [0.05, 0.1) is 11.4 Å². The molecule has 0 saturated heterocycles. The molecule has 0 bridgehead atoms. The minimum absolute atomic E-state index is 0.506. The van der Waals surface area contributed by atoms with Crippen LogP contribution in [-0.4, -0.2) is 17.2 Å². The van der Waals surface area contributed by atoms with E-state index >= 15 is 0 Å². The molecule has 13 heavy (non-hydrogen) atoms. The van der Waals surface area contributed by atoms with Gasteiger partial charge in [-0.25, -0.2) is 0 Å². The molecule has 68 valence electrons. The number of benzene rings is 1. The number of aromatic nitrogens is 1. The van der Waals surface area contributed by atoms with Crippen LogP contribution in [0.25, 0.3) is 10.9 Å². The third-order valence-corrected chi connectivity index (χ3v) is 2.03. The molecule has 0 saturated carbocycles. The van der Waals surface area contributed by atoms with E-state index in [1.165, 1.54) is 5.39 Å². The van der Waals surface area contributed by atoms with Crippen LogP contribution in [-0.2, 0) is 0 Å². The smallest absolute Gasteiger partial charge is 0.128 e. The lowest BCUT2D eigenvalue weighted by Crippen LogP contribution is -2.11. The second-order valence-electron chi connectivity index (χ2n) is 2.72. The molecule has 0 atom stereocenters. The third-order valence-electron chi connectivity index (χ3n) is 1.87. The van der Waals surface area contributed by atoms with Gasteiger partial charge in [-0.1, -0.05) is 18.2 Å². The van der Waals surface area contributed by atoms with Gasteiger partial charge in [-0.15, -0.1) is 11.6 Å². The minimum atomic E-state index is 0.506. The number of hydrogen-bond donors (Lipinski definition) is 0. The Labute approximate surface area is 81.6 Å². The molecule has 0 amide bonds. The molecule has 2 aromatic rings. The summed E-state index contributed by atoms with van der Waals surface area (Å²) in [6, 6.07) is 10.1. The van der Waals surface area contributed by atoms with Gasteiger partial charge in [-0.2, -0.15) is 4.73 Å². The quantitative estimate of drug-likeness (QED) is 0.686. The first-order valence-electron chi connectivity index (χ1n) is 4.17. The normalized spacial score (nSPS) is 10.5. The molecule has 0 N–H and O–H groups in total. The predicted molar refractivity (Wildman–Crippen MR) is 54.1 cm³/mol. The summed E-state index contributed by atoms with van der Waals surface area (Å²) in [5.41, 5.74) is 1.08. The summed E-state index contributed by atoms with van der Waals surface area (Å²) in [7, 11) is 0. The van der Waals surface area contributed by atoms with E-state index in [9.17, 15) is 0 Å². The number of rotatable bonds is 3. The molecule has 3 heteroatoms. The van der Waals surface area contributed by atoms with Crippen LogP contribution in [0.1, 0.15) is 0 Å². The molecule has 2 nitrogen and oxygen atoms in total. The van der Waals surface area contributed by atoms with Gasteiger partial charge in [0.15, 0.2) is 0 Å². The summed E-state index contributed by atoms with van der Waals surface area (Å²) < 4.78 is 1.75. The molecule has 0 fully saturated rings. The van der Waals surface area contributed by atoms with Gasteiger partial charge in [0.25, 0.3) is 0 Å². The number of nitrogens with zero attached hydrogens (tertiary/aromatic N) is 1. The Morgan fingerprint density at radius 1 is 1.23 bits per heavy atom. The van der Waals surface area contributed by atoms with Gasteiger partial charge in [0.1, 0.15) is 6.61 Å². The Morgan fingerprint density at radius 2 is 2.08 bits per heavy atom. The number of hydrogen-bond acceptors (Lipinski definition) is 1. The van der Waals surface area contributed by atoms with Crippen molar-refractivity contribution in [3.8, 4) is 0 Å². The fourth-order valence-electron chi connectivity index (χ4n) is 1.30. The third kappa shape index (κ3) is 1.63. The van der Waals surface area contributed by atoms with Crippen LogP contribution in [0.15, 0.2) is 36.5 Å². The van der Waals surface area contributed by atoms with Crippen molar-refractivity contribution in [2.45, 2.75) is 0 Å². The molecule has 0 unspecified atom stereocenters. The van der Waals surface area contributed by atoms with Crippen molar-refractivity contribution in [1.29, 1.82) is 0 Å². The summed E-state index contributed by atoms with van der Waals surface area (Å²) in [4.78, 5) is 5.39. The van der Waals surface area contributed by atoms with Crippen molar-refractivity contribution in [2.24, 2.45) is 0 Å². The van der Waals surface area contributed by atoms with E-state index in [4.69, 9.17) is 16.4 Å². The van der Waals surface area contributed by atoms with Crippen LogP contribution < -0.4 is 4.84 Å². The first-order chi connectivity index (χ1) is 6.42. The van der Waals surface area contributed by atoms with Crippen molar-refractivity contribution in [3.63, 3.8) is 0 Å². The molecule has 0 spiro atoms. The summed E-state index contributed by atoms with van der Waals surface area (Å²) in [6.07, 6.45) is 1.90. The largest absolute Gasteiger partial charge is 0.413 e. The lowest BCUT2D eigenvalue weighted by molar-refractivity contribution is 0.134. The molecular formula is C10H10ClNO. The highest BCUT2D eigenvalue weighted by Crippen LogP contribution is 2.13. The summed E-state index contributed by atoms with van der Waals surface area (Å²) in [6.45, 7) is 0.528. The van der Waals surface area contributed by atoms with E-state index in [0.29, 0.717) is 12.5 Å². The fourth-order valence-corrected chi connectivity index (χ4v) is 1.37. The Hall–Kier alpha value is -1.15. The zero-order valence-electron chi connectivity index (χ0n) is 7.11. The van der Waals surface area contributed by atoms with E-state index in [-0.39, 0.29) is 0 Å². The molecule has 0 aliphatic rings. The maximum Gasteiger partial charge on any atom is 0.128 e. The van der Waals surface area contributed by atoms with Crippen LogP contribution in [0.4, 0.5) is 0 Å². The van der Waals surface area contributed by atoms with E-state index in [1.54, 1.807) is 4.73 Å². The number of para-hydroxylation sites is 1. The van der Waals surface area contributed by atoms with E-state index in [2.05, 4.69) is 6.07 Å². The Kier molecular flexibility index (Phi) is 2.41. The van der Waals surface area contributed by atoms with E-state index < -0.39 is 0 Å². The molecule has 1 heterocycles. The monoisotopic (exact) mass is 195 g/mol. The average molecular weight is 196 g/mol. The molecule has 1 aromatic heterocycles. The second-order valence-corrected chi connectivity index (χ2v) is 3.10. The molecule has 0 radical (unpaired) electrons. The SMILES string of the molecule is ClCCOn1ccc2ccccc21. The lowest BCUT2D eigenvalue weighted by atomic mass is 10.3. The standard InChI is InChI=1S/C10H10ClNO/c11-6-8-13-12-7-5-9-3-1-2-4-10(9)12/h1-5,7H,6,8H2. The Balaban J connectivity index is 2.35. The highest BCUT2D eigenvalue weighted by Gasteiger charge is 1.98. The maximum absolute atomic E-state index is 5.53. The maximum atomic E-state index is 5.53. The summed E-state index contributed by atoms with van der Waals surface area (Å²) in [5.74, 6) is 0.506. The van der Waals surface area contributed by atoms with Crippen molar-refractivity contribution < 1.29 is 4.84 Å². The number of alkyl halides is 1. The molecule has 2 rings (SSSR count). The number of fused-ring (bicyclic) bond motifs is 1. The van der Waals surface area contributed by atoms with Gasteiger partial charge >= 0.3 is 0 Å². The van der Waals surface area contributed by atoms with Gasteiger partial charge in [-0.05, 0) is 12.1 Å². The zero-order valence-corrected chi connectivity index (χ0v) is 7.87. The highest BCUT2D eigenvalue weighted by molar-refractivity contribution is 6.17. The van der Waals surface area contributed by atoms with Crippen molar-refractivity contribution in [3.05, 3.63) is 36.5 Å². The second kappa shape index (κ2) is 3.71. The van der Waals surface area contributed by atoms with Crippen LogP contribution in [0.3, 0.4) is 0 Å². The first-order valence-corrected chi connectivity index (χ1v) is 4.70. The zero-order chi connectivity index (χ0) is 9.10. The van der Waals surface area contributed by atoms with Crippen molar-refractivity contribution in [2.75, 3.05) is 12.5 Å². The van der Waals surface area contributed by atoms with Crippen molar-refractivity contribution in [1.82, 2.24) is 4.73 Å². The summed E-state index contributed by atoms with van der Waals surface area (Å²) >= 11 is 5.53. The first kappa shape index (κ1) is 8.45. The highest BCUT2D eigenvalue weighted by atomic mass is 35.5. The van der Waals surface area contributed by atoms with Crippen LogP contribution in [0, 0.1) is 0 Å². The number of halogens is 1. The fraction of sp³-hybridized carbons (Fsp3) is 0.200. The van der Waals surface area contributed by atoms with Gasteiger partial charge in [-0.3, -0.25) is 0 Å². The Morgan fingerprint density at radius 3 is 2.92 bits per heavy atom. The predicted octanol–water partition coefficient (Wildman–Crippen LogP) is 2.31. The van der Waals surface area contributed by atoms with E-state index in [0.717, 1.165) is 5.52 Å². The molecular weight excluding hydrogens is 186 g/mol. The topological polar surface area (TPSA) is 14.2 Å². The van der Waals surface area contributed by atoms with Crippen LogP contribution in [0.5, 0.6) is 0 Å². The summed E-state index contributed by atoms with van der Waals surface area (Å²) in [5, 5.41) is 1.18. The van der Waals surface area contributed by atoms with Crippen LogP contribution in [0.2, 0.25) is 0 Å². The molecule has 0 aliphatic heterocycles. The Bertz CT molecular complexity index is 396. The van der Waals surface area contributed by atoms with Crippen LogP contribution >= 0.6 is 11.6 Å². The molecule has 0 aliphatic carbocycles. The van der Waals surface area contributed by atoms with Gasteiger partial charge in [0, 0.05) is 11.6 Å². The van der Waals surface area contributed by atoms with Gasteiger partial charge in [0.2, 0.25) is 0 Å². The van der Waals surface area contributed by atoms with E-state index in [1.807, 2.05) is 30.5 Å². The van der Waals surface area contributed by atoms with Crippen molar-refractivity contribution >= 4 is 22.5 Å². The molecule has 1 aromatic carbocycles.